The molecule has 2 rings (SSSR count). The molecular weight excluding hydrogens is 158 g/mol. The summed E-state index contributed by atoms with van der Waals surface area (Å²) in [7, 11) is 0. The van der Waals surface area contributed by atoms with Crippen LogP contribution >= 0.6 is 11.3 Å². The van der Waals surface area contributed by atoms with Crippen LogP contribution in [0, 0.1) is 0 Å². The Morgan fingerprint density at radius 2 is 2.18 bits per heavy atom. The van der Waals surface area contributed by atoms with Gasteiger partial charge in [-0.25, -0.2) is 0 Å². The maximum Gasteiger partial charge on any atom is 0.0865 e. The maximum absolute atomic E-state index is 4.00. The van der Waals surface area contributed by atoms with Crippen molar-refractivity contribution in [3.05, 3.63) is 34.8 Å². The standard InChI is InChI=1S/C7H7N3S/c1-4-11-6-7(1)5-10-8-2-3-9-10/h1-4,6H,5H2. The molecule has 0 aliphatic rings. The van der Waals surface area contributed by atoms with Gasteiger partial charge >= 0.3 is 0 Å². The van der Waals surface area contributed by atoms with Crippen LogP contribution in [0.4, 0.5) is 0 Å². The van der Waals surface area contributed by atoms with E-state index in [-0.39, 0.29) is 0 Å². The predicted molar refractivity (Wildman–Crippen MR) is 43.4 cm³/mol. The molecule has 2 aromatic heterocycles. The lowest BCUT2D eigenvalue weighted by Crippen LogP contribution is -2.01. The van der Waals surface area contributed by atoms with Crippen LogP contribution < -0.4 is 0 Å². The lowest BCUT2D eigenvalue weighted by molar-refractivity contribution is 0.592. The van der Waals surface area contributed by atoms with Crippen molar-refractivity contribution in [2.24, 2.45) is 0 Å². The molecule has 0 radical (unpaired) electrons. The van der Waals surface area contributed by atoms with Crippen molar-refractivity contribution in [1.29, 1.82) is 0 Å². The molecular formula is C7H7N3S. The number of hydrogen-bond acceptors (Lipinski definition) is 3. The molecule has 0 N–H and O–H groups in total. The molecule has 4 heteroatoms. The van der Waals surface area contributed by atoms with E-state index < -0.39 is 0 Å². The van der Waals surface area contributed by atoms with Gasteiger partial charge in [-0.05, 0) is 22.4 Å². The minimum absolute atomic E-state index is 0.774. The van der Waals surface area contributed by atoms with Gasteiger partial charge < -0.3 is 0 Å². The second-order valence-corrected chi connectivity index (χ2v) is 2.97. The van der Waals surface area contributed by atoms with Gasteiger partial charge in [0, 0.05) is 0 Å². The zero-order chi connectivity index (χ0) is 7.52. The Morgan fingerprint density at radius 1 is 1.36 bits per heavy atom. The van der Waals surface area contributed by atoms with Crippen LogP contribution in [-0.2, 0) is 6.54 Å². The van der Waals surface area contributed by atoms with Crippen molar-refractivity contribution in [2.75, 3.05) is 0 Å². The van der Waals surface area contributed by atoms with Crippen LogP contribution in [0.25, 0.3) is 0 Å². The fraction of sp³-hybridized carbons (Fsp3) is 0.143. The predicted octanol–water partition coefficient (Wildman–Crippen LogP) is 1.39. The first-order valence-electron chi connectivity index (χ1n) is 3.30. The molecule has 3 nitrogen and oxygen atoms in total. The van der Waals surface area contributed by atoms with E-state index in [9.17, 15) is 0 Å². The lowest BCUT2D eigenvalue weighted by Gasteiger charge is -1.93. The van der Waals surface area contributed by atoms with Gasteiger partial charge in [0.25, 0.3) is 0 Å². The molecule has 0 aromatic carbocycles. The minimum Gasteiger partial charge on any atom is -0.180 e. The SMILES string of the molecule is c1cnn(Cc2ccsc2)n1. The number of hydrogen-bond donors (Lipinski definition) is 0. The average molecular weight is 165 g/mol. The highest BCUT2D eigenvalue weighted by Gasteiger charge is 1.94. The van der Waals surface area contributed by atoms with E-state index in [0.29, 0.717) is 0 Å². The number of nitrogens with zero attached hydrogens (tertiary/aromatic N) is 3. The van der Waals surface area contributed by atoms with Gasteiger partial charge in [0.1, 0.15) is 0 Å². The largest absolute Gasteiger partial charge is 0.180 e. The molecule has 0 fully saturated rings. The molecule has 0 saturated carbocycles. The smallest absolute Gasteiger partial charge is 0.0865 e. The monoisotopic (exact) mass is 165 g/mol. The lowest BCUT2D eigenvalue weighted by atomic mass is 10.3. The van der Waals surface area contributed by atoms with Crippen molar-refractivity contribution in [1.82, 2.24) is 15.0 Å². The summed E-state index contributed by atoms with van der Waals surface area (Å²) < 4.78 is 0. The molecule has 2 aromatic rings. The molecule has 0 bridgehead atoms. The van der Waals surface area contributed by atoms with E-state index >= 15 is 0 Å². The zero-order valence-corrected chi connectivity index (χ0v) is 6.66. The second-order valence-electron chi connectivity index (χ2n) is 2.19. The highest BCUT2D eigenvalue weighted by Crippen LogP contribution is 2.06. The molecule has 0 saturated heterocycles. The first-order chi connectivity index (χ1) is 5.45. The Labute approximate surface area is 68.3 Å². The third kappa shape index (κ3) is 1.46. The van der Waals surface area contributed by atoms with Crippen LogP contribution in [0.15, 0.2) is 29.2 Å². The molecule has 0 unspecified atom stereocenters. The first-order valence-corrected chi connectivity index (χ1v) is 4.24. The van der Waals surface area contributed by atoms with E-state index in [1.54, 1.807) is 28.5 Å². The van der Waals surface area contributed by atoms with E-state index in [4.69, 9.17) is 0 Å². The molecule has 0 aliphatic heterocycles. The Hall–Kier alpha value is -1.16. The van der Waals surface area contributed by atoms with Crippen molar-refractivity contribution in [3.63, 3.8) is 0 Å². The summed E-state index contributed by atoms with van der Waals surface area (Å²) >= 11 is 1.69. The maximum atomic E-state index is 4.00. The molecule has 11 heavy (non-hydrogen) atoms. The van der Waals surface area contributed by atoms with Crippen LogP contribution in [0.5, 0.6) is 0 Å². The van der Waals surface area contributed by atoms with Crippen molar-refractivity contribution < 1.29 is 0 Å². The van der Waals surface area contributed by atoms with E-state index in [1.807, 2.05) is 0 Å². The van der Waals surface area contributed by atoms with E-state index in [1.165, 1.54) is 5.56 Å². The molecule has 0 aliphatic carbocycles. The highest BCUT2D eigenvalue weighted by molar-refractivity contribution is 7.07. The minimum atomic E-state index is 0.774. The Morgan fingerprint density at radius 3 is 2.82 bits per heavy atom. The van der Waals surface area contributed by atoms with E-state index in [2.05, 4.69) is 27.0 Å². The third-order valence-electron chi connectivity index (χ3n) is 1.37. The molecule has 2 heterocycles. The van der Waals surface area contributed by atoms with Gasteiger partial charge in [0.05, 0.1) is 18.9 Å². The zero-order valence-electron chi connectivity index (χ0n) is 5.84. The van der Waals surface area contributed by atoms with Gasteiger partial charge in [-0.15, -0.1) is 0 Å². The summed E-state index contributed by atoms with van der Waals surface area (Å²) in [5.41, 5.74) is 1.26. The summed E-state index contributed by atoms with van der Waals surface area (Å²) in [5, 5.41) is 12.2. The third-order valence-corrected chi connectivity index (χ3v) is 2.10. The fourth-order valence-electron chi connectivity index (χ4n) is 0.871. The van der Waals surface area contributed by atoms with Gasteiger partial charge in [-0.1, -0.05) is 0 Å². The molecule has 0 spiro atoms. The quantitative estimate of drug-likeness (QED) is 0.673. The second kappa shape index (κ2) is 2.84. The fourth-order valence-corrected chi connectivity index (χ4v) is 1.53. The number of thiophene rings is 1. The topological polar surface area (TPSA) is 30.7 Å². The number of rotatable bonds is 2. The highest BCUT2D eigenvalue weighted by atomic mass is 32.1. The van der Waals surface area contributed by atoms with E-state index in [0.717, 1.165) is 6.54 Å². The van der Waals surface area contributed by atoms with Crippen LogP contribution in [0.2, 0.25) is 0 Å². The van der Waals surface area contributed by atoms with Crippen LogP contribution in [0.1, 0.15) is 5.56 Å². The normalized spacial score (nSPS) is 10.2. The average Bonchev–Trinajstić information content (AvgIpc) is 2.60. The van der Waals surface area contributed by atoms with Crippen molar-refractivity contribution in [3.8, 4) is 0 Å². The van der Waals surface area contributed by atoms with Crippen molar-refractivity contribution >= 4 is 11.3 Å². The summed E-state index contributed by atoms with van der Waals surface area (Å²) in [6.07, 6.45) is 3.37. The first kappa shape index (κ1) is 6.54. The van der Waals surface area contributed by atoms with Crippen LogP contribution in [0.3, 0.4) is 0 Å². The summed E-state index contributed by atoms with van der Waals surface area (Å²) in [5.74, 6) is 0. The Bertz CT molecular complexity index is 266. The molecule has 0 atom stereocenters. The summed E-state index contributed by atoms with van der Waals surface area (Å²) in [6, 6.07) is 2.08. The van der Waals surface area contributed by atoms with Gasteiger partial charge in [0.15, 0.2) is 0 Å². The van der Waals surface area contributed by atoms with Gasteiger partial charge in [-0.3, -0.25) is 0 Å². The summed E-state index contributed by atoms with van der Waals surface area (Å²) in [4.78, 5) is 1.67. The van der Waals surface area contributed by atoms with Gasteiger partial charge in [-0.2, -0.15) is 26.3 Å². The summed E-state index contributed by atoms with van der Waals surface area (Å²) in [6.45, 7) is 0.774. The van der Waals surface area contributed by atoms with Crippen molar-refractivity contribution in [2.45, 2.75) is 6.54 Å². The van der Waals surface area contributed by atoms with Crippen LogP contribution in [-0.4, -0.2) is 15.0 Å². The van der Waals surface area contributed by atoms with Gasteiger partial charge in [0.2, 0.25) is 0 Å². The molecule has 56 valence electrons. The Kier molecular flexibility index (Phi) is 1.69. The number of aromatic nitrogens is 3. The molecule has 0 amide bonds. The Balaban J connectivity index is 2.14.